The Balaban J connectivity index is 1.52. The fourth-order valence-corrected chi connectivity index (χ4v) is 3.44. The lowest BCUT2D eigenvalue weighted by atomic mass is 10.0. The molecule has 5 heteroatoms. The molecule has 2 aromatic carbocycles. The highest BCUT2D eigenvalue weighted by atomic mass is 16.2. The van der Waals surface area contributed by atoms with Crippen LogP contribution in [0.2, 0.25) is 0 Å². The van der Waals surface area contributed by atoms with Crippen LogP contribution in [0, 0.1) is 0 Å². The van der Waals surface area contributed by atoms with E-state index < -0.39 is 0 Å². The number of hydrogen-bond donors (Lipinski definition) is 1. The number of carbonyl (C=O) groups is 2. The summed E-state index contributed by atoms with van der Waals surface area (Å²) in [5.41, 5.74) is 2.79. The monoisotopic (exact) mass is 379 g/mol. The van der Waals surface area contributed by atoms with E-state index in [2.05, 4.69) is 36.2 Å². The van der Waals surface area contributed by atoms with E-state index in [0.29, 0.717) is 37.7 Å². The SMILES string of the molecule is CC(C)c1ccc(NC(=O)[C@H](C)N2CCN(C(=O)c3ccccc3)CC2)cc1. The van der Waals surface area contributed by atoms with Crippen molar-refractivity contribution < 1.29 is 9.59 Å². The van der Waals surface area contributed by atoms with Crippen LogP contribution in [0.3, 0.4) is 0 Å². The van der Waals surface area contributed by atoms with E-state index in [1.807, 2.05) is 54.3 Å². The molecule has 0 spiro atoms. The van der Waals surface area contributed by atoms with Crippen LogP contribution in [0.5, 0.6) is 0 Å². The third kappa shape index (κ3) is 4.78. The minimum absolute atomic E-state index is 0.0138. The summed E-state index contributed by atoms with van der Waals surface area (Å²) in [5.74, 6) is 0.515. The van der Waals surface area contributed by atoms with Gasteiger partial charge in [0.15, 0.2) is 0 Å². The van der Waals surface area contributed by atoms with E-state index in [4.69, 9.17) is 0 Å². The summed E-state index contributed by atoms with van der Waals surface area (Å²) in [6, 6.07) is 17.1. The van der Waals surface area contributed by atoms with Gasteiger partial charge in [0.2, 0.25) is 5.91 Å². The summed E-state index contributed by atoms with van der Waals surface area (Å²) in [6.45, 7) is 8.88. The zero-order valence-corrected chi connectivity index (χ0v) is 16.9. The molecule has 3 rings (SSSR count). The molecule has 0 aliphatic carbocycles. The van der Waals surface area contributed by atoms with E-state index in [0.717, 1.165) is 5.69 Å². The Morgan fingerprint density at radius 1 is 0.857 bits per heavy atom. The zero-order chi connectivity index (χ0) is 20.1. The average molecular weight is 380 g/mol. The minimum atomic E-state index is -0.237. The van der Waals surface area contributed by atoms with Gasteiger partial charge in [0.05, 0.1) is 6.04 Å². The van der Waals surface area contributed by atoms with E-state index in [1.54, 1.807) is 0 Å². The van der Waals surface area contributed by atoms with Crippen LogP contribution in [0.15, 0.2) is 54.6 Å². The van der Waals surface area contributed by atoms with Gasteiger partial charge in [-0.25, -0.2) is 0 Å². The Bertz CT molecular complexity index is 794. The summed E-state index contributed by atoms with van der Waals surface area (Å²) in [7, 11) is 0. The van der Waals surface area contributed by atoms with E-state index in [1.165, 1.54) is 5.56 Å². The van der Waals surface area contributed by atoms with E-state index in [-0.39, 0.29) is 17.9 Å². The third-order valence-electron chi connectivity index (χ3n) is 5.39. The van der Waals surface area contributed by atoms with Gasteiger partial charge in [-0.05, 0) is 42.7 Å². The van der Waals surface area contributed by atoms with E-state index in [9.17, 15) is 9.59 Å². The number of benzene rings is 2. The maximum atomic E-state index is 12.6. The second-order valence-corrected chi connectivity index (χ2v) is 7.64. The molecular formula is C23H29N3O2. The van der Waals surface area contributed by atoms with Gasteiger partial charge < -0.3 is 10.2 Å². The molecule has 1 saturated heterocycles. The maximum Gasteiger partial charge on any atom is 0.253 e. The van der Waals surface area contributed by atoms with Gasteiger partial charge in [-0.3, -0.25) is 14.5 Å². The fraction of sp³-hybridized carbons (Fsp3) is 0.391. The highest BCUT2D eigenvalue weighted by molar-refractivity contribution is 5.95. The fourth-order valence-electron chi connectivity index (χ4n) is 3.44. The highest BCUT2D eigenvalue weighted by Gasteiger charge is 2.27. The predicted octanol–water partition coefficient (Wildman–Crippen LogP) is 3.60. The smallest absolute Gasteiger partial charge is 0.253 e. The molecule has 5 nitrogen and oxygen atoms in total. The lowest BCUT2D eigenvalue weighted by Crippen LogP contribution is -2.54. The van der Waals surface area contributed by atoms with Gasteiger partial charge in [-0.2, -0.15) is 0 Å². The largest absolute Gasteiger partial charge is 0.336 e. The van der Waals surface area contributed by atoms with Crippen LogP contribution in [0.25, 0.3) is 0 Å². The summed E-state index contributed by atoms with van der Waals surface area (Å²) in [6.07, 6.45) is 0. The van der Waals surface area contributed by atoms with Crippen LogP contribution in [-0.4, -0.2) is 53.8 Å². The maximum absolute atomic E-state index is 12.6. The van der Waals surface area contributed by atoms with Crippen molar-refractivity contribution >= 4 is 17.5 Å². The van der Waals surface area contributed by atoms with Crippen LogP contribution in [0.4, 0.5) is 5.69 Å². The summed E-state index contributed by atoms with van der Waals surface area (Å²) in [5, 5.41) is 3.00. The lowest BCUT2D eigenvalue weighted by molar-refractivity contribution is -0.121. The Hall–Kier alpha value is -2.66. The lowest BCUT2D eigenvalue weighted by Gasteiger charge is -2.37. The minimum Gasteiger partial charge on any atom is -0.336 e. The summed E-state index contributed by atoms with van der Waals surface area (Å²) in [4.78, 5) is 29.2. The highest BCUT2D eigenvalue weighted by Crippen LogP contribution is 2.18. The molecule has 1 atom stereocenters. The summed E-state index contributed by atoms with van der Waals surface area (Å²) < 4.78 is 0. The molecule has 0 bridgehead atoms. The molecule has 2 amide bonds. The second-order valence-electron chi connectivity index (χ2n) is 7.64. The topological polar surface area (TPSA) is 52.7 Å². The van der Waals surface area contributed by atoms with Gasteiger partial charge in [0, 0.05) is 37.4 Å². The van der Waals surface area contributed by atoms with Crippen molar-refractivity contribution in [3.63, 3.8) is 0 Å². The van der Waals surface area contributed by atoms with Crippen molar-refractivity contribution in [3.05, 3.63) is 65.7 Å². The first-order chi connectivity index (χ1) is 13.5. The first-order valence-corrected chi connectivity index (χ1v) is 9.95. The molecule has 0 saturated carbocycles. The van der Waals surface area contributed by atoms with Gasteiger partial charge in [-0.15, -0.1) is 0 Å². The zero-order valence-electron chi connectivity index (χ0n) is 16.9. The Labute approximate surface area is 167 Å². The first-order valence-electron chi connectivity index (χ1n) is 9.95. The Morgan fingerprint density at radius 2 is 1.46 bits per heavy atom. The molecule has 1 aliphatic heterocycles. The van der Waals surface area contributed by atoms with Crippen molar-refractivity contribution in [2.24, 2.45) is 0 Å². The molecule has 0 unspecified atom stereocenters. The van der Waals surface area contributed by atoms with Gasteiger partial charge in [0.25, 0.3) is 5.91 Å². The molecule has 0 radical (unpaired) electrons. The normalized spacial score (nSPS) is 16.1. The number of nitrogens with zero attached hydrogens (tertiary/aromatic N) is 2. The van der Waals surface area contributed by atoms with Crippen molar-refractivity contribution in [3.8, 4) is 0 Å². The predicted molar refractivity (Wildman–Crippen MR) is 113 cm³/mol. The number of hydrogen-bond acceptors (Lipinski definition) is 3. The molecule has 1 aliphatic rings. The quantitative estimate of drug-likeness (QED) is 0.864. The Morgan fingerprint density at radius 3 is 2.04 bits per heavy atom. The van der Waals surface area contributed by atoms with Crippen LogP contribution in [0.1, 0.15) is 42.6 Å². The molecule has 0 aromatic heterocycles. The second kappa shape index (κ2) is 9.02. The number of rotatable bonds is 5. The van der Waals surface area contributed by atoms with Gasteiger partial charge in [-0.1, -0.05) is 44.2 Å². The molecule has 148 valence electrons. The molecule has 2 aromatic rings. The number of amides is 2. The number of anilines is 1. The van der Waals surface area contributed by atoms with Crippen LogP contribution >= 0.6 is 0 Å². The third-order valence-corrected chi connectivity index (χ3v) is 5.39. The standard InChI is InChI=1S/C23H29N3O2/c1-17(2)19-9-11-21(12-10-19)24-22(27)18(3)25-13-15-26(16-14-25)23(28)20-7-5-4-6-8-20/h4-12,17-18H,13-16H2,1-3H3,(H,24,27)/t18-/m0/s1. The van der Waals surface area contributed by atoms with Gasteiger partial charge in [0.1, 0.15) is 0 Å². The Kier molecular flexibility index (Phi) is 6.47. The summed E-state index contributed by atoms with van der Waals surface area (Å²) >= 11 is 0. The van der Waals surface area contributed by atoms with Crippen molar-refractivity contribution in [1.29, 1.82) is 0 Å². The van der Waals surface area contributed by atoms with Crippen LogP contribution < -0.4 is 5.32 Å². The molecule has 1 heterocycles. The average Bonchev–Trinajstić information content (AvgIpc) is 2.73. The number of piperazine rings is 1. The van der Waals surface area contributed by atoms with Crippen LogP contribution in [-0.2, 0) is 4.79 Å². The van der Waals surface area contributed by atoms with E-state index >= 15 is 0 Å². The number of nitrogens with one attached hydrogen (secondary N) is 1. The van der Waals surface area contributed by atoms with Crippen molar-refractivity contribution in [2.45, 2.75) is 32.7 Å². The van der Waals surface area contributed by atoms with Crippen molar-refractivity contribution in [2.75, 3.05) is 31.5 Å². The molecule has 1 N–H and O–H groups in total. The molecule has 1 fully saturated rings. The molecular weight excluding hydrogens is 350 g/mol. The van der Waals surface area contributed by atoms with Gasteiger partial charge >= 0.3 is 0 Å². The molecule has 28 heavy (non-hydrogen) atoms. The van der Waals surface area contributed by atoms with Crippen molar-refractivity contribution in [1.82, 2.24) is 9.80 Å². The first kappa shape index (κ1) is 20.1. The number of carbonyl (C=O) groups excluding carboxylic acids is 2.